The summed E-state index contributed by atoms with van der Waals surface area (Å²) in [5, 5.41) is 12.9. The summed E-state index contributed by atoms with van der Waals surface area (Å²) in [6.07, 6.45) is 4.07. The van der Waals surface area contributed by atoms with Gasteiger partial charge in [0.2, 0.25) is 5.91 Å². The lowest BCUT2D eigenvalue weighted by molar-refractivity contribution is -0.119. The molecule has 0 aliphatic rings. The molecule has 0 aliphatic heterocycles. The molecule has 0 unspecified atom stereocenters. The van der Waals surface area contributed by atoms with Crippen LogP contribution in [0.5, 0.6) is 0 Å². The monoisotopic (exact) mass is 250 g/mol. The molecule has 5 nitrogen and oxygen atoms in total. The van der Waals surface area contributed by atoms with Crippen LogP contribution in [0.1, 0.15) is 13.3 Å². The molecule has 0 aliphatic carbocycles. The normalized spacial score (nSPS) is 10.3. The highest BCUT2D eigenvalue weighted by molar-refractivity contribution is 6.05. The molecular formula is C12H15FN4O. The predicted octanol–water partition coefficient (Wildman–Crippen LogP) is 1.69. The lowest BCUT2D eigenvalue weighted by atomic mass is 10.2. The van der Waals surface area contributed by atoms with Gasteiger partial charge in [0.05, 0.1) is 12.6 Å². The number of halogens is 1. The number of hydrogen-bond acceptors (Lipinski definition) is 4. The van der Waals surface area contributed by atoms with Gasteiger partial charge in [-0.1, -0.05) is 0 Å². The number of rotatable bonds is 6. The van der Waals surface area contributed by atoms with Gasteiger partial charge in [0, 0.05) is 18.5 Å². The zero-order valence-electron chi connectivity index (χ0n) is 10.0. The number of nitrogens with one attached hydrogen (secondary N) is 3. The summed E-state index contributed by atoms with van der Waals surface area (Å²) in [6.45, 7) is 2.37. The van der Waals surface area contributed by atoms with E-state index in [0.717, 1.165) is 6.20 Å². The molecule has 0 spiro atoms. The molecule has 1 heterocycles. The lowest BCUT2D eigenvalue weighted by Gasteiger charge is -2.01. The number of nitrogens with zero attached hydrogens (tertiary/aromatic N) is 1. The van der Waals surface area contributed by atoms with Crippen LogP contribution in [0.3, 0.4) is 0 Å². The van der Waals surface area contributed by atoms with E-state index in [2.05, 4.69) is 15.6 Å². The van der Waals surface area contributed by atoms with E-state index in [1.54, 1.807) is 0 Å². The molecule has 1 amide bonds. The molecule has 0 saturated carbocycles. The molecule has 1 aromatic heterocycles. The van der Waals surface area contributed by atoms with Gasteiger partial charge in [-0.2, -0.15) is 0 Å². The number of pyridine rings is 1. The number of carbonyl (C=O) groups excluding carboxylic acids is 1. The van der Waals surface area contributed by atoms with Crippen LogP contribution in [0.25, 0.3) is 0 Å². The van der Waals surface area contributed by atoms with E-state index in [4.69, 9.17) is 5.41 Å². The average Bonchev–Trinajstić information content (AvgIpc) is 2.32. The second kappa shape index (κ2) is 7.16. The molecule has 96 valence electrons. The zero-order chi connectivity index (χ0) is 13.4. The van der Waals surface area contributed by atoms with Crippen molar-refractivity contribution >= 4 is 17.4 Å². The number of amides is 1. The molecule has 18 heavy (non-hydrogen) atoms. The molecule has 0 radical (unpaired) electrons. The van der Waals surface area contributed by atoms with Crippen LogP contribution in [0.4, 0.5) is 10.2 Å². The van der Waals surface area contributed by atoms with Gasteiger partial charge in [0.25, 0.3) is 0 Å². The largest absolute Gasteiger partial charge is 0.356 e. The minimum absolute atomic E-state index is 0.0306. The van der Waals surface area contributed by atoms with Crippen LogP contribution >= 0.6 is 0 Å². The Hall–Kier alpha value is -2.24. The zero-order valence-corrected chi connectivity index (χ0v) is 10.0. The van der Waals surface area contributed by atoms with Gasteiger partial charge < -0.3 is 16.0 Å². The van der Waals surface area contributed by atoms with E-state index in [9.17, 15) is 9.18 Å². The molecule has 0 fully saturated rings. The molecule has 0 saturated heterocycles. The molecule has 1 rings (SSSR count). The Kier molecular flexibility index (Phi) is 5.50. The van der Waals surface area contributed by atoms with Crippen molar-refractivity contribution in [3.8, 4) is 0 Å². The molecule has 0 aromatic carbocycles. The van der Waals surface area contributed by atoms with Gasteiger partial charge in [-0.05, 0) is 25.1 Å². The predicted molar refractivity (Wildman–Crippen MR) is 68.0 cm³/mol. The van der Waals surface area contributed by atoms with E-state index >= 15 is 0 Å². The SMILES string of the molecule is CCNC(=O)CC(=N)/C=C\Nc1ccc(F)cn1. The van der Waals surface area contributed by atoms with Crippen LogP contribution in [0.2, 0.25) is 0 Å². The Balaban J connectivity index is 2.38. The van der Waals surface area contributed by atoms with Crippen LogP contribution in [-0.4, -0.2) is 23.1 Å². The Morgan fingerprint density at radius 1 is 1.56 bits per heavy atom. The first-order chi connectivity index (χ1) is 8.61. The van der Waals surface area contributed by atoms with Gasteiger partial charge >= 0.3 is 0 Å². The quantitative estimate of drug-likeness (QED) is 0.672. The van der Waals surface area contributed by atoms with Crippen molar-refractivity contribution in [2.75, 3.05) is 11.9 Å². The van der Waals surface area contributed by atoms with Crippen LogP contribution in [0.15, 0.2) is 30.6 Å². The van der Waals surface area contributed by atoms with Gasteiger partial charge in [0.15, 0.2) is 0 Å². The number of hydrogen-bond donors (Lipinski definition) is 3. The maximum atomic E-state index is 12.6. The van der Waals surface area contributed by atoms with Crippen molar-refractivity contribution in [2.45, 2.75) is 13.3 Å². The van der Waals surface area contributed by atoms with Crippen molar-refractivity contribution in [3.63, 3.8) is 0 Å². The molecule has 1 aromatic rings. The molecule has 0 atom stereocenters. The van der Waals surface area contributed by atoms with Gasteiger partial charge in [-0.3, -0.25) is 4.79 Å². The number of carbonyl (C=O) groups is 1. The Labute approximate surface area is 105 Å². The Bertz CT molecular complexity index is 442. The average molecular weight is 250 g/mol. The third-order valence-corrected chi connectivity index (χ3v) is 1.97. The summed E-state index contributed by atoms with van der Waals surface area (Å²) in [6, 6.07) is 2.76. The number of aromatic nitrogens is 1. The summed E-state index contributed by atoms with van der Waals surface area (Å²) >= 11 is 0. The molecular weight excluding hydrogens is 235 g/mol. The molecule has 6 heteroatoms. The number of anilines is 1. The van der Waals surface area contributed by atoms with Crippen molar-refractivity contribution in [3.05, 3.63) is 36.4 Å². The second-order valence-corrected chi connectivity index (χ2v) is 3.49. The van der Waals surface area contributed by atoms with Crippen molar-refractivity contribution in [1.29, 1.82) is 5.41 Å². The van der Waals surface area contributed by atoms with Crippen LogP contribution < -0.4 is 10.6 Å². The smallest absolute Gasteiger partial charge is 0.225 e. The summed E-state index contributed by atoms with van der Waals surface area (Å²) in [5.41, 5.74) is 0.176. The number of allylic oxidation sites excluding steroid dienone is 1. The summed E-state index contributed by atoms with van der Waals surface area (Å²) < 4.78 is 12.6. The minimum Gasteiger partial charge on any atom is -0.356 e. The van der Waals surface area contributed by atoms with E-state index in [1.165, 1.54) is 24.4 Å². The van der Waals surface area contributed by atoms with Crippen LogP contribution in [-0.2, 0) is 4.79 Å². The highest BCUT2D eigenvalue weighted by atomic mass is 19.1. The summed E-state index contributed by atoms with van der Waals surface area (Å²) in [7, 11) is 0. The standard InChI is InChI=1S/C12H15FN4O/c1-2-15-12(18)7-10(14)5-6-16-11-4-3-9(13)8-17-11/h3-6,8,14H,2,7H2,1H3,(H,15,18)(H,16,17)/b6-5-,14-10?. The fourth-order valence-electron chi connectivity index (χ4n) is 1.18. The first-order valence-electron chi connectivity index (χ1n) is 5.50. The highest BCUT2D eigenvalue weighted by Crippen LogP contribution is 2.03. The Morgan fingerprint density at radius 3 is 2.94 bits per heavy atom. The van der Waals surface area contributed by atoms with Gasteiger partial charge in [0.1, 0.15) is 11.6 Å². The van der Waals surface area contributed by atoms with Gasteiger partial charge in [-0.15, -0.1) is 0 Å². The van der Waals surface area contributed by atoms with Crippen molar-refractivity contribution < 1.29 is 9.18 Å². The summed E-state index contributed by atoms with van der Waals surface area (Å²) in [5.74, 6) is -0.126. The van der Waals surface area contributed by atoms with Gasteiger partial charge in [-0.25, -0.2) is 9.37 Å². The molecule has 0 bridgehead atoms. The maximum Gasteiger partial charge on any atom is 0.225 e. The second-order valence-electron chi connectivity index (χ2n) is 3.49. The van der Waals surface area contributed by atoms with E-state index < -0.39 is 5.82 Å². The van der Waals surface area contributed by atoms with E-state index in [-0.39, 0.29) is 18.0 Å². The van der Waals surface area contributed by atoms with Crippen LogP contribution in [0, 0.1) is 11.2 Å². The van der Waals surface area contributed by atoms with E-state index in [0.29, 0.717) is 12.4 Å². The first-order valence-corrected chi connectivity index (χ1v) is 5.50. The summed E-state index contributed by atoms with van der Waals surface area (Å²) in [4.78, 5) is 14.9. The topological polar surface area (TPSA) is 77.9 Å². The van der Waals surface area contributed by atoms with E-state index in [1.807, 2.05) is 6.92 Å². The fourth-order valence-corrected chi connectivity index (χ4v) is 1.18. The maximum absolute atomic E-state index is 12.6. The molecule has 3 N–H and O–H groups in total. The van der Waals surface area contributed by atoms with Crippen molar-refractivity contribution in [1.82, 2.24) is 10.3 Å². The third-order valence-electron chi connectivity index (χ3n) is 1.97. The van der Waals surface area contributed by atoms with Crippen molar-refractivity contribution in [2.24, 2.45) is 0 Å². The highest BCUT2D eigenvalue weighted by Gasteiger charge is 2.01. The third kappa shape index (κ3) is 5.20. The first kappa shape index (κ1) is 13.8. The Morgan fingerprint density at radius 2 is 2.33 bits per heavy atom. The lowest BCUT2D eigenvalue weighted by Crippen LogP contribution is -2.24. The minimum atomic E-state index is -0.409. The fraction of sp³-hybridized carbons (Fsp3) is 0.250.